The van der Waals surface area contributed by atoms with E-state index in [2.05, 4.69) is 59.0 Å². The molecule has 1 amide bonds. The molecule has 2 aromatic rings. The Balaban J connectivity index is 2.14. The van der Waals surface area contributed by atoms with Crippen LogP contribution < -0.4 is 10.1 Å². The summed E-state index contributed by atoms with van der Waals surface area (Å²) >= 11 is 0. The van der Waals surface area contributed by atoms with Crippen molar-refractivity contribution < 1.29 is 14.3 Å². The number of ketones is 1. The molecule has 28 heavy (non-hydrogen) atoms. The molecular formula is C24H31NO3. The zero-order valence-corrected chi connectivity index (χ0v) is 18.0. The zero-order valence-electron chi connectivity index (χ0n) is 18.0. The third-order valence-electron chi connectivity index (χ3n) is 4.57. The summed E-state index contributed by atoms with van der Waals surface area (Å²) in [6.07, 6.45) is 0. The standard InChI is InChI=1S/C24H31NO3/c1-16(26)17-9-8-10-19(13-17)25-22(27)15-28-21-12-11-18(23(2,3)4)14-20(21)24(5,6)7/h8-14H,15H2,1-7H3,(H,25,27). The third kappa shape index (κ3) is 5.69. The predicted molar refractivity (Wildman–Crippen MR) is 114 cm³/mol. The molecule has 2 aromatic carbocycles. The van der Waals surface area contributed by atoms with Crippen molar-refractivity contribution in [3.8, 4) is 5.75 Å². The molecular weight excluding hydrogens is 350 g/mol. The molecule has 1 N–H and O–H groups in total. The van der Waals surface area contributed by atoms with Crippen molar-refractivity contribution in [1.29, 1.82) is 0 Å². The van der Waals surface area contributed by atoms with Gasteiger partial charge in [-0.2, -0.15) is 0 Å². The van der Waals surface area contributed by atoms with Gasteiger partial charge in [-0.05, 0) is 47.1 Å². The second-order valence-corrected chi connectivity index (χ2v) is 9.18. The maximum Gasteiger partial charge on any atom is 0.262 e. The Morgan fingerprint density at radius 2 is 1.61 bits per heavy atom. The van der Waals surface area contributed by atoms with Crippen LogP contribution in [0.2, 0.25) is 0 Å². The van der Waals surface area contributed by atoms with Crippen molar-refractivity contribution in [2.45, 2.75) is 59.3 Å². The van der Waals surface area contributed by atoms with Crippen LogP contribution in [0.15, 0.2) is 42.5 Å². The summed E-state index contributed by atoms with van der Waals surface area (Å²) in [5, 5.41) is 2.79. The number of carbonyl (C=O) groups is 2. The van der Waals surface area contributed by atoms with Crippen LogP contribution in [0.1, 0.15) is 70.0 Å². The molecule has 4 nitrogen and oxygen atoms in total. The fourth-order valence-electron chi connectivity index (χ4n) is 2.86. The first-order valence-corrected chi connectivity index (χ1v) is 9.56. The Kier molecular flexibility index (Phi) is 6.33. The molecule has 0 aliphatic heterocycles. The predicted octanol–water partition coefficient (Wildman–Crippen LogP) is 5.50. The first kappa shape index (κ1) is 21.7. The van der Waals surface area contributed by atoms with Crippen LogP contribution in [0.5, 0.6) is 5.75 Å². The number of rotatable bonds is 5. The molecule has 0 bridgehead atoms. The quantitative estimate of drug-likeness (QED) is 0.696. The number of nitrogens with one attached hydrogen (secondary N) is 1. The van der Waals surface area contributed by atoms with Gasteiger partial charge in [-0.3, -0.25) is 9.59 Å². The summed E-state index contributed by atoms with van der Waals surface area (Å²) in [4.78, 5) is 23.8. The highest BCUT2D eigenvalue weighted by Crippen LogP contribution is 2.35. The van der Waals surface area contributed by atoms with Crippen LogP contribution in [0.3, 0.4) is 0 Å². The van der Waals surface area contributed by atoms with Crippen molar-refractivity contribution in [3.63, 3.8) is 0 Å². The van der Waals surface area contributed by atoms with E-state index >= 15 is 0 Å². The van der Waals surface area contributed by atoms with Crippen LogP contribution in [-0.2, 0) is 15.6 Å². The van der Waals surface area contributed by atoms with E-state index in [0.29, 0.717) is 17.0 Å². The molecule has 0 saturated heterocycles. The van der Waals surface area contributed by atoms with Crippen molar-refractivity contribution in [2.75, 3.05) is 11.9 Å². The topological polar surface area (TPSA) is 55.4 Å². The Hall–Kier alpha value is -2.62. The number of carbonyl (C=O) groups excluding carboxylic acids is 2. The lowest BCUT2D eigenvalue weighted by atomic mass is 9.80. The monoisotopic (exact) mass is 381 g/mol. The third-order valence-corrected chi connectivity index (χ3v) is 4.57. The number of hydrogen-bond acceptors (Lipinski definition) is 3. The number of amides is 1. The van der Waals surface area contributed by atoms with Crippen LogP contribution in [-0.4, -0.2) is 18.3 Å². The van der Waals surface area contributed by atoms with Gasteiger partial charge in [0.05, 0.1) is 0 Å². The van der Waals surface area contributed by atoms with Gasteiger partial charge in [0, 0.05) is 11.3 Å². The number of hydrogen-bond donors (Lipinski definition) is 1. The molecule has 0 fully saturated rings. The molecule has 0 heterocycles. The molecule has 0 unspecified atom stereocenters. The lowest BCUT2D eigenvalue weighted by Crippen LogP contribution is -2.22. The first-order chi connectivity index (χ1) is 12.9. The molecule has 0 aromatic heterocycles. The van der Waals surface area contributed by atoms with Gasteiger partial charge in [-0.15, -0.1) is 0 Å². The van der Waals surface area contributed by atoms with E-state index in [4.69, 9.17) is 4.74 Å². The zero-order chi connectivity index (χ0) is 21.1. The first-order valence-electron chi connectivity index (χ1n) is 9.56. The van der Waals surface area contributed by atoms with E-state index in [-0.39, 0.29) is 29.1 Å². The smallest absolute Gasteiger partial charge is 0.262 e. The Morgan fingerprint density at radius 3 is 2.18 bits per heavy atom. The molecule has 2 rings (SSSR count). The number of anilines is 1. The summed E-state index contributed by atoms with van der Waals surface area (Å²) in [6.45, 7) is 14.3. The molecule has 0 atom stereocenters. The lowest BCUT2D eigenvalue weighted by molar-refractivity contribution is -0.118. The van der Waals surface area contributed by atoms with E-state index in [0.717, 1.165) is 5.56 Å². The van der Waals surface area contributed by atoms with Crippen LogP contribution >= 0.6 is 0 Å². The van der Waals surface area contributed by atoms with Gasteiger partial charge in [0.25, 0.3) is 5.91 Å². The fourth-order valence-corrected chi connectivity index (χ4v) is 2.86. The highest BCUT2D eigenvalue weighted by atomic mass is 16.5. The van der Waals surface area contributed by atoms with E-state index in [1.165, 1.54) is 12.5 Å². The van der Waals surface area contributed by atoms with Crippen molar-refractivity contribution >= 4 is 17.4 Å². The Bertz CT molecular complexity index is 870. The summed E-state index contributed by atoms with van der Waals surface area (Å²) < 4.78 is 5.86. The summed E-state index contributed by atoms with van der Waals surface area (Å²) in [5.74, 6) is 0.412. The van der Waals surface area contributed by atoms with Gasteiger partial charge in [0.15, 0.2) is 12.4 Å². The van der Waals surface area contributed by atoms with Crippen molar-refractivity contribution in [1.82, 2.24) is 0 Å². The van der Waals surface area contributed by atoms with Gasteiger partial charge >= 0.3 is 0 Å². The summed E-state index contributed by atoms with van der Waals surface area (Å²) in [7, 11) is 0. The lowest BCUT2D eigenvalue weighted by Gasteiger charge is -2.27. The minimum absolute atomic E-state index is 0.0393. The fraction of sp³-hybridized carbons (Fsp3) is 0.417. The van der Waals surface area contributed by atoms with E-state index < -0.39 is 0 Å². The summed E-state index contributed by atoms with van der Waals surface area (Å²) in [6, 6.07) is 13.1. The van der Waals surface area contributed by atoms with Crippen LogP contribution in [0.4, 0.5) is 5.69 Å². The van der Waals surface area contributed by atoms with Crippen molar-refractivity contribution in [2.24, 2.45) is 0 Å². The molecule has 4 heteroatoms. The van der Waals surface area contributed by atoms with Gasteiger partial charge in [0.1, 0.15) is 5.75 Å². The molecule has 0 saturated carbocycles. The minimum Gasteiger partial charge on any atom is -0.483 e. The maximum atomic E-state index is 12.3. The highest BCUT2D eigenvalue weighted by molar-refractivity contribution is 5.97. The van der Waals surface area contributed by atoms with Gasteiger partial charge in [-0.1, -0.05) is 65.8 Å². The molecule has 0 aliphatic rings. The second kappa shape index (κ2) is 8.17. The van der Waals surface area contributed by atoms with Crippen LogP contribution in [0, 0.1) is 0 Å². The van der Waals surface area contributed by atoms with Gasteiger partial charge < -0.3 is 10.1 Å². The number of Topliss-reactive ketones (excluding diaryl/α,β-unsaturated/α-hetero) is 1. The molecule has 0 radical (unpaired) electrons. The minimum atomic E-state index is -0.263. The van der Waals surface area contributed by atoms with E-state index in [1.807, 2.05) is 6.07 Å². The molecule has 150 valence electrons. The summed E-state index contributed by atoms with van der Waals surface area (Å²) in [5.41, 5.74) is 3.38. The number of benzene rings is 2. The largest absolute Gasteiger partial charge is 0.483 e. The normalized spacial score (nSPS) is 11.8. The Morgan fingerprint density at radius 1 is 0.929 bits per heavy atom. The van der Waals surface area contributed by atoms with Gasteiger partial charge in [-0.25, -0.2) is 0 Å². The van der Waals surface area contributed by atoms with Crippen molar-refractivity contribution in [3.05, 3.63) is 59.2 Å². The molecule has 0 aliphatic carbocycles. The van der Waals surface area contributed by atoms with Gasteiger partial charge in [0.2, 0.25) is 0 Å². The second-order valence-electron chi connectivity index (χ2n) is 9.18. The Labute approximate surface area is 168 Å². The van der Waals surface area contributed by atoms with E-state index in [1.54, 1.807) is 24.3 Å². The average Bonchev–Trinajstić information content (AvgIpc) is 2.58. The van der Waals surface area contributed by atoms with Crippen LogP contribution in [0.25, 0.3) is 0 Å². The maximum absolute atomic E-state index is 12.3. The average molecular weight is 382 g/mol. The molecule has 0 spiro atoms. The SMILES string of the molecule is CC(=O)c1cccc(NC(=O)COc2ccc(C(C)(C)C)cc2C(C)(C)C)c1. The van der Waals surface area contributed by atoms with E-state index in [9.17, 15) is 9.59 Å². The highest BCUT2D eigenvalue weighted by Gasteiger charge is 2.23. The number of ether oxygens (including phenoxy) is 1.